The van der Waals surface area contributed by atoms with Crippen LogP contribution in [-0.4, -0.2) is 17.9 Å². The van der Waals surface area contributed by atoms with E-state index in [0.717, 1.165) is 21.1 Å². The maximum Gasteiger partial charge on any atom is 0.298 e. The van der Waals surface area contributed by atoms with Gasteiger partial charge in [0.15, 0.2) is 11.5 Å². The summed E-state index contributed by atoms with van der Waals surface area (Å²) in [6.07, 6.45) is 1.65. The molecule has 25 heavy (non-hydrogen) atoms. The third kappa shape index (κ3) is 2.92. The Bertz CT molecular complexity index is 946. The van der Waals surface area contributed by atoms with E-state index in [9.17, 15) is 9.59 Å². The fourth-order valence-electron chi connectivity index (χ4n) is 2.49. The van der Waals surface area contributed by atoms with Gasteiger partial charge in [0.05, 0.1) is 15.6 Å². The molecule has 0 aromatic heterocycles. The van der Waals surface area contributed by atoms with E-state index in [2.05, 4.69) is 15.9 Å². The molecule has 0 saturated carbocycles. The van der Waals surface area contributed by atoms with Crippen molar-refractivity contribution in [2.24, 2.45) is 0 Å². The average molecular weight is 439 g/mol. The molecule has 0 aliphatic carbocycles. The Hall–Kier alpha value is -1.96. The molecule has 0 unspecified atom stereocenters. The van der Waals surface area contributed by atoms with Crippen molar-refractivity contribution in [2.75, 3.05) is 11.7 Å². The van der Waals surface area contributed by atoms with Crippen LogP contribution < -0.4 is 14.4 Å². The quantitative estimate of drug-likeness (QED) is 0.613. The molecule has 8 heteroatoms. The maximum atomic E-state index is 12.7. The first-order valence-electron chi connectivity index (χ1n) is 7.16. The summed E-state index contributed by atoms with van der Waals surface area (Å²) >= 11 is 10.4. The van der Waals surface area contributed by atoms with Crippen molar-refractivity contribution >= 4 is 62.2 Å². The van der Waals surface area contributed by atoms with Crippen LogP contribution >= 0.6 is 39.3 Å². The Balaban J connectivity index is 1.71. The molecule has 0 spiro atoms. The second-order valence-electron chi connectivity index (χ2n) is 5.20. The summed E-state index contributed by atoms with van der Waals surface area (Å²) in [5.74, 6) is 0.820. The normalized spacial score (nSPS) is 17.7. The summed E-state index contributed by atoms with van der Waals surface area (Å²) in [5, 5.41) is -0.0449. The third-order valence-electron chi connectivity index (χ3n) is 3.67. The van der Waals surface area contributed by atoms with E-state index in [1.54, 1.807) is 42.5 Å². The number of nitrogens with zero attached hydrogens (tertiary/aromatic N) is 1. The third-order valence-corrected chi connectivity index (χ3v) is 5.54. The van der Waals surface area contributed by atoms with Gasteiger partial charge in [0.1, 0.15) is 0 Å². The largest absolute Gasteiger partial charge is 0.454 e. The van der Waals surface area contributed by atoms with E-state index in [1.807, 2.05) is 0 Å². The van der Waals surface area contributed by atoms with Crippen molar-refractivity contribution in [3.8, 4) is 11.5 Å². The molecule has 2 aliphatic heterocycles. The number of rotatable bonds is 2. The van der Waals surface area contributed by atoms with Crippen LogP contribution in [0.25, 0.3) is 6.08 Å². The molecule has 0 N–H and O–H groups in total. The van der Waals surface area contributed by atoms with Gasteiger partial charge in [-0.25, -0.2) is 4.90 Å². The van der Waals surface area contributed by atoms with Gasteiger partial charge in [-0.1, -0.05) is 39.7 Å². The minimum Gasteiger partial charge on any atom is -0.454 e. The van der Waals surface area contributed by atoms with Crippen LogP contribution in [0.15, 0.2) is 45.8 Å². The number of amides is 2. The number of hydrogen-bond donors (Lipinski definition) is 0. The predicted octanol–water partition coefficient (Wildman–Crippen LogP) is 5.07. The molecule has 2 aromatic rings. The SMILES string of the molecule is O=C1S/C(=C\c2cc3c(cc2Br)OCO3)C(=O)N1c1ccccc1Cl. The second kappa shape index (κ2) is 6.40. The minimum absolute atomic E-state index is 0.161. The number of imide groups is 1. The summed E-state index contributed by atoms with van der Waals surface area (Å²) in [6.45, 7) is 0.161. The zero-order valence-electron chi connectivity index (χ0n) is 12.5. The molecule has 1 saturated heterocycles. The Morgan fingerprint density at radius 3 is 2.64 bits per heavy atom. The summed E-state index contributed by atoms with van der Waals surface area (Å²) in [5.41, 5.74) is 1.09. The maximum absolute atomic E-state index is 12.7. The number of fused-ring (bicyclic) bond motifs is 1. The van der Waals surface area contributed by atoms with Gasteiger partial charge >= 0.3 is 0 Å². The zero-order chi connectivity index (χ0) is 17.6. The number of halogens is 2. The summed E-state index contributed by atoms with van der Waals surface area (Å²) in [7, 11) is 0. The highest BCUT2D eigenvalue weighted by Crippen LogP contribution is 2.41. The molecule has 126 valence electrons. The van der Waals surface area contributed by atoms with Gasteiger partial charge in [0, 0.05) is 4.47 Å². The monoisotopic (exact) mass is 437 g/mol. The van der Waals surface area contributed by atoms with Crippen molar-refractivity contribution in [3.05, 3.63) is 56.4 Å². The first-order chi connectivity index (χ1) is 12.0. The van der Waals surface area contributed by atoms with Gasteiger partial charge in [-0.15, -0.1) is 0 Å². The van der Waals surface area contributed by atoms with E-state index >= 15 is 0 Å². The number of anilines is 1. The molecule has 1 fully saturated rings. The topological polar surface area (TPSA) is 55.8 Å². The van der Waals surface area contributed by atoms with Crippen LogP contribution in [0.4, 0.5) is 10.5 Å². The van der Waals surface area contributed by atoms with Crippen LogP contribution in [0, 0.1) is 0 Å². The molecular weight excluding hydrogens is 430 g/mol. The van der Waals surface area contributed by atoms with Gasteiger partial charge < -0.3 is 9.47 Å². The predicted molar refractivity (Wildman–Crippen MR) is 100 cm³/mol. The fourth-order valence-corrected chi connectivity index (χ4v) is 3.98. The van der Waals surface area contributed by atoms with Crippen molar-refractivity contribution in [1.29, 1.82) is 0 Å². The molecule has 2 heterocycles. The van der Waals surface area contributed by atoms with Gasteiger partial charge in [-0.05, 0) is 47.7 Å². The van der Waals surface area contributed by atoms with Crippen LogP contribution in [0.2, 0.25) is 5.02 Å². The number of carbonyl (C=O) groups excluding carboxylic acids is 2. The van der Waals surface area contributed by atoms with E-state index in [0.29, 0.717) is 32.7 Å². The Morgan fingerprint density at radius 1 is 1.16 bits per heavy atom. The number of para-hydroxylation sites is 1. The smallest absolute Gasteiger partial charge is 0.298 e. The van der Waals surface area contributed by atoms with Crippen molar-refractivity contribution < 1.29 is 19.1 Å². The lowest BCUT2D eigenvalue weighted by atomic mass is 10.2. The highest BCUT2D eigenvalue weighted by Gasteiger charge is 2.37. The molecule has 0 atom stereocenters. The molecule has 2 amide bonds. The lowest BCUT2D eigenvalue weighted by Crippen LogP contribution is -2.27. The number of thioether (sulfide) groups is 1. The summed E-state index contributed by atoms with van der Waals surface area (Å²) < 4.78 is 11.4. The van der Waals surface area contributed by atoms with Crippen molar-refractivity contribution in [1.82, 2.24) is 0 Å². The van der Waals surface area contributed by atoms with Gasteiger partial charge in [0.25, 0.3) is 11.1 Å². The number of benzene rings is 2. The molecule has 4 rings (SSSR count). The van der Waals surface area contributed by atoms with Crippen molar-refractivity contribution in [3.63, 3.8) is 0 Å². The van der Waals surface area contributed by atoms with Crippen LogP contribution in [0.5, 0.6) is 11.5 Å². The fraction of sp³-hybridized carbons (Fsp3) is 0.0588. The van der Waals surface area contributed by atoms with Gasteiger partial charge in [0.2, 0.25) is 6.79 Å². The number of carbonyl (C=O) groups is 2. The van der Waals surface area contributed by atoms with E-state index in [1.165, 1.54) is 0 Å². The first-order valence-corrected chi connectivity index (χ1v) is 9.15. The van der Waals surface area contributed by atoms with Crippen LogP contribution in [0.1, 0.15) is 5.56 Å². The Labute approximate surface area is 160 Å². The van der Waals surface area contributed by atoms with Crippen molar-refractivity contribution in [2.45, 2.75) is 0 Å². The number of ether oxygens (including phenoxy) is 2. The molecule has 5 nitrogen and oxygen atoms in total. The molecule has 2 aliphatic rings. The molecule has 0 bridgehead atoms. The van der Waals surface area contributed by atoms with E-state index in [4.69, 9.17) is 21.1 Å². The summed E-state index contributed by atoms with van der Waals surface area (Å²) in [6, 6.07) is 10.3. The summed E-state index contributed by atoms with van der Waals surface area (Å²) in [4.78, 5) is 26.4. The Morgan fingerprint density at radius 2 is 1.88 bits per heavy atom. The first kappa shape index (κ1) is 16.5. The van der Waals surface area contributed by atoms with Gasteiger partial charge in [-0.3, -0.25) is 9.59 Å². The zero-order valence-corrected chi connectivity index (χ0v) is 15.7. The average Bonchev–Trinajstić information content (AvgIpc) is 3.13. The highest BCUT2D eigenvalue weighted by atomic mass is 79.9. The standard InChI is InChI=1S/C17H9BrClNO4S/c18-10-7-14-13(23-8-24-14)5-9(10)6-15-16(21)20(17(22)25-15)12-4-2-1-3-11(12)19/h1-7H,8H2/b15-6-. The number of hydrogen-bond acceptors (Lipinski definition) is 5. The molecule has 2 aromatic carbocycles. The lowest BCUT2D eigenvalue weighted by molar-refractivity contribution is -0.113. The molecular formula is C17H9BrClNO4S. The van der Waals surface area contributed by atoms with E-state index in [-0.39, 0.29) is 12.0 Å². The van der Waals surface area contributed by atoms with E-state index < -0.39 is 5.91 Å². The highest BCUT2D eigenvalue weighted by molar-refractivity contribution is 9.10. The van der Waals surface area contributed by atoms with Crippen LogP contribution in [0.3, 0.4) is 0 Å². The second-order valence-corrected chi connectivity index (χ2v) is 7.45. The lowest BCUT2D eigenvalue weighted by Gasteiger charge is -2.13. The van der Waals surface area contributed by atoms with Gasteiger partial charge in [-0.2, -0.15) is 0 Å². The molecule has 0 radical (unpaired) electrons. The Kier molecular flexibility index (Phi) is 4.23. The van der Waals surface area contributed by atoms with Crippen LogP contribution in [-0.2, 0) is 4.79 Å². The minimum atomic E-state index is -0.410.